The summed E-state index contributed by atoms with van der Waals surface area (Å²) < 4.78 is 0. The van der Waals surface area contributed by atoms with E-state index in [0.717, 1.165) is 20.2 Å². The summed E-state index contributed by atoms with van der Waals surface area (Å²) in [6.07, 6.45) is 0. The molecule has 1 spiro atoms. The monoisotopic (exact) mass is 444 g/mol. The van der Waals surface area contributed by atoms with Gasteiger partial charge >= 0.3 is 6.03 Å². The minimum atomic E-state index is -1.76. The van der Waals surface area contributed by atoms with E-state index >= 15 is 0 Å². The van der Waals surface area contributed by atoms with E-state index in [2.05, 4.69) is 0 Å². The quantitative estimate of drug-likeness (QED) is 0.579. The largest absolute Gasteiger partial charge is 0.333 e. The maximum absolute atomic E-state index is 13.9. The molecule has 1 saturated heterocycles. The Kier molecular flexibility index (Phi) is 4.67. The Bertz CT molecular complexity index is 1200. The number of thiophene rings is 1. The van der Waals surface area contributed by atoms with Crippen molar-refractivity contribution in [2.24, 2.45) is 5.10 Å². The highest BCUT2D eigenvalue weighted by Crippen LogP contribution is 2.49. The van der Waals surface area contributed by atoms with Crippen molar-refractivity contribution in [2.75, 3.05) is 19.1 Å². The molecule has 160 valence electrons. The minimum Gasteiger partial charge on any atom is -0.271 e. The van der Waals surface area contributed by atoms with Gasteiger partial charge in [-0.25, -0.2) is 9.80 Å². The number of likely N-dealkylation sites (N-methyl/N-ethyl adjacent to an activating group) is 2. The first-order valence-electron chi connectivity index (χ1n) is 10.1. The zero-order chi connectivity index (χ0) is 22.5. The number of carbonyl (C=O) groups is 3. The Morgan fingerprint density at radius 3 is 1.97 bits per heavy atom. The Balaban J connectivity index is 1.84. The van der Waals surface area contributed by atoms with Gasteiger partial charge in [-0.1, -0.05) is 54.6 Å². The van der Waals surface area contributed by atoms with Gasteiger partial charge in [-0.2, -0.15) is 5.10 Å². The number of anilines is 1. The van der Waals surface area contributed by atoms with Crippen LogP contribution in [0.1, 0.15) is 16.4 Å². The van der Waals surface area contributed by atoms with Crippen molar-refractivity contribution >= 4 is 40.6 Å². The molecule has 1 aromatic heterocycles. The Labute approximate surface area is 189 Å². The van der Waals surface area contributed by atoms with Gasteiger partial charge in [0.2, 0.25) is 5.54 Å². The van der Waals surface area contributed by atoms with Gasteiger partial charge in [0.05, 0.1) is 17.3 Å². The highest BCUT2D eigenvalue weighted by molar-refractivity contribution is 7.10. The fourth-order valence-corrected chi connectivity index (χ4v) is 5.34. The summed E-state index contributed by atoms with van der Waals surface area (Å²) in [4.78, 5) is 43.3. The van der Waals surface area contributed by atoms with Crippen molar-refractivity contribution in [1.29, 1.82) is 0 Å². The topological polar surface area (TPSA) is 73.3 Å². The van der Waals surface area contributed by atoms with Crippen molar-refractivity contribution in [1.82, 2.24) is 9.80 Å². The van der Waals surface area contributed by atoms with Gasteiger partial charge in [0.25, 0.3) is 11.8 Å². The number of barbiturate groups is 1. The lowest BCUT2D eigenvalue weighted by Gasteiger charge is -2.45. The molecule has 1 atom stereocenters. The lowest BCUT2D eigenvalue weighted by atomic mass is 9.75. The molecule has 4 amide bonds. The lowest BCUT2D eigenvalue weighted by molar-refractivity contribution is -0.150. The summed E-state index contributed by atoms with van der Waals surface area (Å²) in [5.74, 6) is -1.88. The number of rotatable bonds is 3. The summed E-state index contributed by atoms with van der Waals surface area (Å²) in [5.41, 5.74) is 0.258. The van der Waals surface area contributed by atoms with Gasteiger partial charge in [0, 0.05) is 19.0 Å². The third-order valence-corrected chi connectivity index (χ3v) is 6.90. The normalized spacial score (nSPS) is 20.3. The first-order valence-corrected chi connectivity index (χ1v) is 11.0. The fourth-order valence-electron chi connectivity index (χ4n) is 4.45. The molecule has 0 radical (unpaired) electrons. The molecule has 1 unspecified atom stereocenters. The van der Waals surface area contributed by atoms with Crippen LogP contribution in [-0.2, 0) is 9.59 Å². The second kappa shape index (κ2) is 7.42. The van der Waals surface area contributed by atoms with Crippen molar-refractivity contribution in [3.8, 4) is 0 Å². The van der Waals surface area contributed by atoms with Crippen molar-refractivity contribution in [3.63, 3.8) is 0 Å². The number of urea groups is 1. The Morgan fingerprint density at radius 2 is 1.41 bits per heavy atom. The van der Waals surface area contributed by atoms with Crippen molar-refractivity contribution < 1.29 is 14.4 Å². The zero-order valence-electron chi connectivity index (χ0n) is 17.5. The third-order valence-electron chi connectivity index (χ3n) is 5.97. The molecule has 2 aromatic carbocycles. The van der Waals surface area contributed by atoms with Crippen molar-refractivity contribution in [3.05, 3.63) is 88.6 Å². The van der Waals surface area contributed by atoms with Crippen LogP contribution < -0.4 is 5.01 Å². The van der Waals surface area contributed by atoms with E-state index in [1.54, 1.807) is 0 Å². The van der Waals surface area contributed by atoms with Gasteiger partial charge in [0.1, 0.15) is 0 Å². The van der Waals surface area contributed by atoms with E-state index in [-0.39, 0.29) is 0 Å². The van der Waals surface area contributed by atoms with Gasteiger partial charge in [0.15, 0.2) is 0 Å². The number of hydrogen-bond acceptors (Lipinski definition) is 6. The summed E-state index contributed by atoms with van der Waals surface area (Å²) in [7, 11) is 2.81. The van der Waals surface area contributed by atoms with E-state index in [9.17, 15) is 14.4 Å². The van der Waals surface area contributed by atoms with Crippen LogP contribution >= 0.6 is 11.3 Å². The van der Waals surface area contributed by atoms with Gasteiger partial charge in [-0.3, -0.25) is 19.4 Å². The van der Waals surface area contributed by atoms with Crippen LogP contribution in [0.2, 0.25) is 0 Å². The molecule has 0 bridgehead atoms. The third kappa shape index (κ3) is 2.66. The first kappa shape index (κ1) is 20.1. The number of hydrogen-bond donors (Lipinski definition) is 0. The number of amides is 4. The second-order valence-corrected chi connectivity index (χ2v) is 8.70. The Hall–Kier alpha value is -3.78. The summed E-state index contributed by atoms with van der Waals surface area (Å²) in [6.45, 7) is 0. The average Bonchev–Trinajstić information content (AvgIpc) is 3.48. The fraction of sp³-hybridized carbons (Fsp3) is 0.167. The molecular formula is C24H20N4O3S. The molecule has 0 N–H and O–H groups in total. The Morgan fingerprint density at radius 1 is 0.812 bits per heavy atom. The average molecular weight is 445 g/mol. The van der Waals surface area contributed by atoms with Crippen LogP contribution in [0.25, 0.3) is 0 Å². The maximum atomic E-state index is 13.9. The number of imide groups is 2. The van der Waals surface area contributed by atoms with Gasteiger partial charge in [-0.15, -0.1) is 11.3 Å². The molecule has 2 aliphatic heterocycles. The molecule has 5 rings (SSSR count). The first-order chi connectivity index (χ1) is 15.5. The second-order valence-electron chi connectivity index (χ2n) is 7.72. The number of hydrazone groups is 1. The summed E-state index contributed by atoms with van der Waals surface area (Å²) in [6, 6.07) is 21.8. The van der Waals surface area contributed by atoms with E-state index in [0.29, 0.717) is 11.4 Å². The van der Waals surface area contributed by atoms with Crippen LogP contribution in [0, 0.1) is 0 Å². The predicted octanol–water partition coefficient (Wildman–Crippen LogP) is 3.55. The standard InChI is InChI=1S/C24H20N4O3S/c1-26-21(29)24(22(30)27(2)23(26)31)19(18-14-9-15-32-18)20(16-10-5-3-6-11-16)25-28(24)17-12-7-4-8-13-17/h3-15,19H,1-2H3. The van der Waals surface area contributed by atoms with Crippen LogP contribution in [-0.4, -0.2) is 53.0 Å². The lowest BCUT2D eigenvalue weighted by Crippen LogP contribution is -2.73. The SMILES string of the molecule is CN1C(=O)N(C)C(=O)C2(C1=O)C(c1cccs1)C(c1ccccc1)=NN2c1ccccc1. The number of carbonyl (C=O) groups excluding carboxylic acids is 3. The van der Waals surface area contributed by atoms with Crippen LogP contribution in [0.15, 0.2) is 83.3 Å². The number of nitrogens with zero attached hydrogens (tertiary/aromatic N) is 4. The minimum absolute atomic E-state index is 0.595. The highest BCUT2D eigenvalue weighted by Gasteiger charge is 2.68. The van der Waals surface area contributed by atoms with Crippen molar-refractivity contribution in [2.45, 2.75) is 11.5 Å². The maximum Gasteiger partial charge on any atom is 0.333 e. The molecule has 7 nitrogen and oxygen atoms in total. The van der Waals surface area contributed by atoms with E-state index in [4.69, 9.17) is 5.10 Å². The zero-order valence-corrected chi connectivity index (χ0v) is 18.3. The number of benzene rings is 2. The number of para-hydroxylation sites is 1. The molecule has 8 heteroatoms. The molecule has 3 aromatic rings. The molecule has 1 fully saturated rings. The highest BCUT2D eigenvalue weighted by atomic mass is 32.1. The molecule has 32 heavy (non-hydrogen) atoms. The molecule has 2 aliphatic rings. The van der Waals surface area contributed by atoms with E-state index < -0.39 is 29.3 Å². The van der Waals surface area contributed by atoms with E-state index in [1.807, 2.05) is 78.2 Å². The molecular weight excluding hydrogens is 424 g/mol. The smallest absolute Gasteiger partial charge is 0.271 e. The summed E-state index contributed by atoms with van der Waals surface area (Å²) in [5, 5.41) is 8.30. The predicted molar refractivity (Wildman–Crippen MR) is 123 cm³/mol. The van der Waals surface area contributed by atoms with Crippen LogP contribution in [0.4, 0.5) is 10.5 Å². The molecule has 0 saturated carbocycles. The van der Waals surface area contributed by atoms with E-state index in [1.165, 1.54) is 30.4 Å². The molecule has 0 aliphatic carbocycles. The molecule has 3 heterocycles. The summed E-state index contributed by atoms with van der Waals surface area (Å²) >= 11 is 1.46. The van der Waals surface area contributed by atoms with Crippen LogP contribution in [0.5, 0.6) is 0 Å². The van der Waals surface area contributed by atoms with Gasteiger partial charge < -0.3 is 0 Å². The van der Waals surface area contributed by atoms with Gasteiger partial charge in [-0.05, 0) is 29.1 Å². The van der Waals surface area contributed by atoms with Crippen LogP contribution in [0.3, 0.4) is 0 Å².